The molecule has 2 aromatic rings. The highest BCUT2D eigenvalue weighted by Gasteiger charge is 2.09. The molecule has 1 heterocycles. The van der Waals surface area contributed by atoms with Crippen LogP contribution in [0.25, 0.3) is 10.4 Å². The van der Waals surface area contributed by atoms with E-state index < -0.39 is 11.9 Å². The van der Waals surface area contributed by atoms with Crippen molar-refractivity contribution in [3.63, 3.8) is 0 Å². The lowest BCUT2D eigenvalue weighted by molar-refractivity contribution is 0.194. The number of thiazole rings is 1. The summed E-state index contributed by atoms with van der Waals surface area (Å²) in [6.07, 6.45) is -1.17. The SMILES string of the molecule is Cc1ncsc1-c1ccc(CNC(=O)O)c(F)c1. The van der Waals surface area contributed by atoms with Crippen LogP contribution in [0.15, 0.2) is 23.7 Å². The van der Waals surface area contributed by atoms with Gasteiger partial charge in [-0.15, -0.1) is 11.3 Å². The van der Waals surface area contributed by atoms with Gasteiger partial charge in [0.15, 0.2) is 0 Å². The molecule has 94 valence electrons. The summed E-state index contributed by atoms with van der Waals surface area (Å²) >= 11 is 1.45. The molecular formula is C12H11FN2O2S. The maximum atomic E-state index is 13.8. The second-order valence-electron chi connectivity index (χ2n) is 3.73. The highest BCUT2D eigenvalue weighted by Crippen LogP contribution is 2.28. The fourth-order valence-corrected chi connectivity index (χ4v) is 2.38. The van der Waals surface area contributed by atoms with Crippen LogP contribution >= 0.6 is 11.3 Å². The molecule has 0 atom stereocenters. The standard InChI is InChI=1S/C12H11FN2O2S/c1-7-11(18-6-15-7)8-2-3-9(10(13)4-8)5-14-12(16)17/h2-4,6,14H,5H2,1H3,(H,16,17). The zero-order chi connectivity index (χ0) is 13.1. The minimum atomic E-state index is -1.17. The Bertz CT molecular complexity index is 583. The molecular weight excluding hydrogens is 255 g/mol. The predicted octanol–water partition coefficient (Wildman–Crippen LogP) is 3.03. The van der Waals surface area contributed by atoms with Crippen molar-refractivity contribution in [2.75, 3.05) is 0 Å². The lowest BCUT2D eigenvalue weighted by Crippen LogP contribution is -2.20. The molecule has 1 aromatic heterocycles. The Morgan fingerprint density at radius 2 is 2.33 bits per heavy atom. The van der Waals surface area contributed by atoms with E-state index in [0.717, 1.165) is 16.1 Å². The van der Waals surface area contributed by atoms with Crippen LogP contribution in [0, 0.1) is 12.7 Å². The smallest absolute Gasteiger partial charge is 0.404 e. The maximum Gasteiger partial charge on any atom is 0.404 e. The first-order valence-electron chi connectivity index (χ1n) is 5.23. The van der Waals surface area contributed by atoms with Crippen molar-refractivity contribution in [2.24, 2.45) is 0 Å². The predicted molar refractivity (Wildman–Crippen MR) is 67.1 cm³/mol. The number of hydrogen-bond donors (Lipinski definition) is 2. The van der Waals surface area contributed by atoms with Gasteiger partial charge in [0.25, 0.3) is 0 Å². The molecule has 0 aliphatic carbocycles. The number of carboxylic acid groups (broad SMARTS) is 1. The van der Waals surface area contributed by atoms with Gasteiger partial charge in [0.2, 0.25) is 0 Å². The summed E-state index contributed by atoms with van der Waals surface area (Å²) in [5.74, 6) is -0.422. The molecule has 0 bridgehead atoms. The molecule has 18 heavy (non-hydrogen) atoms. The number of rotatable bonds is 3. The van der Waals surface area contributed by atoms with E-state index in [1.165, 1.54) is 17.4 Å². The molecule has 1 aromatic carbocycles. The Balaban J connectivity index is 2.25. The normalized spacial score (nSPS) is 10.3. The highest BCUT2D eigenvalue weighted by molar-refractivity contribution is 7.13. The summed E-state index contributed by atoms with van der Waals surface area (Å²) in [5.41, 5.74) is 3.65. The molecule has 4 nitrogen and oxygen atoms in total. The van der Waals surface area contributed by atoms with Gasteiger partial charge < -0.3 is 10.4 Å². The largest absolute Gasteiger partial charge is 0.465 e. The second kappa shape index (κ2) is 5.14. The molecule has 0 fully saturated rings. The Morgan fingerprint density at radius 3 is 2.89 bits per heavy atom. The molecule has 0 saturated carbocycles. The number of halogens is 1. The zero-order valence-electron chi connectivity index (χ0n) is 9.61. The minimum Gasteiger partial charge on any atom is -0.465 e. The van der Waals surface area contributed by atoms with Gasteiger partial charge in [-0.05, 0) is 18.6 Å². The molecule has 2 rings (SSSR count). The summed E-state index contributed by atoms with van der Waals surface area (Å²) in [7, 11) is 0. The van der Waals surface area contributed by atoms with E-state index in [9.17, 15) is 9.18 Å². The molecule has 0 spiro atoms. The monoisotopic (exact) mass is 266 g/mol. The first-order chi connectivity index (χ1) is 8.58. The van der Waals surface area contributed by atoms with Gasteiger partial charge in [-0.1, -0.05) is 12.1 Å². The highest BCUT2D eigenvalue weighted by atomic mass is 32.1. The molecule has 0 unspecified atom stereocenters. The van der Waals surface area contributed by atoms with E-state index in [0.29, 0.717) is 5.56 Å². The van der Waals surface area contributed by atoms with Gasteiger partial charge in [0.05, 0.1) is 16.1 Å². The van der Waals surface area contributed by atoms with E-state index in [1.807, 2.05) is 6.92 Å². The fourth-order valence-electron chi connectivity index (χ4n) is 1.58. The van der Waals surface area contributed by atoms with E-state index in [2.05, 4.69) is 10.3 Å². The number of aromatic nitrogens is 1. The van der Waals surface area contributed by atoms with Gasteiger partial charge in [-0.25, -0.2) is 14.2 Å². The van der Waals surface area contributed by atoms with E-state index >= 15 is 0 Å². The maximum absolute atomic E-state index is 13.8. The van der Waals surface area contributed by atoms with Crippen molar-refractivity contribution >= 4 is 17.4 Å². The first-order valence-corrected chi connectivity index (χ1v) is 6.11. The summed E-state index contributed by atoms with van der Waals surface area (Å²) < 4.78 is 13.8. The Morgan fingerprint density at radius 1 is 1.56 bits per heavy atom. The molecule has 0 aliphatic heterocycles. The summed E-state index contributed by atoms with van der Waals surface area (Å²) in [4.78, 5) is 15.4. The fraction of sp³-hybridized carbons (Fsp3) is 0.167. The summed E-state index contributed by atoms with van der Waals surface area (Å²) in [6, 6.07) is 4.75. The zero-order valence-corrected chi connectivity index (χ0v) is 10.4. The number of nitrogens with zero attached hydrogens (tertiary/aromatic N) is 1. The van der Waals surface area contributed by atoms with Crippen LogP contribution < -0.4 is 5.32 Å². The van der Waals surface area contributed by atoms with Crippen molar-refractivity contribution in [3.05, 3.63) is 40.8 Å². The third-order valence-electron chi connectivity index (χ3n) is 2.49. The Kier molecular flexibility index (Phi) is 3.57. The molecule has 0 radical (unpaired) electrons. The molecule has 6 heteroatoms. The average molecular weight is 266 g/mol. The van der Waals surface area contributed by atoms with Crippen molar-refractivity contribution in [2.45, 2.75) is 13.5 Å². The van der Waals surface area contributed by atoms with Crippen LogP contribution in [-0.4, -0.2) is 16.2 Å². The number of amides is 1. The third kappa shape index (κ3) is 2.65. The van der Waals surface area contributed by atoms with Gasteiger partial charge >= 0.3 is 6.09 Å². The number of benzene rings is 1. The second-order valence-corrected chi connectivity index (χ2v) is 4.59. The van der Waals surface area contributed by atoms with E-state index in [4.69, 9.17) is 5.11 Å². The van der Waals surface area contributed by atoms with Crippen LogP contribution in [0.1, 0.15) is 11.3 Å². The van der Waals surface area contributed by atoms with Gasteiger partial charge in [-0.3, -0.25) is 0 Å². The topological polar surface area (TPSA) is 62.2 Å². The van der Waals surface area contributed by atoms with Crippen LogP contribution in [0.5, 0.6) is 0 Å². The number of carbonyl (C=O) groups is 1. The van der Waals surface area contributed by atoms with Crippen LogP contribution in [0.3, 0.4) is 0 Å². The van der Waals surface area contributed by atoms with Gasteiger partial charge in [-0.2, -0.15) is 0 Å². The van der Waals surface area contributed by atoms with E-state index in [1.54, 1.807) is 17.6 Å². The summed E-state index contributed by atoms with van der Waals surface area (Å²) in [6.45, 7) is 1.83. The summed E-state index contributed by atoms with van der Waals surface area (Å²) in [5, 5.41) is 10.6. The Hall–Kier alpha value is -1.95. The van der Waals surface area contributed by atoms with Gasteiger partial charge in [0, 0.05) is 12.1 Å². The number of aryl methyl sites for hydroxylation is 1. The van der Waals surface area contributed by atoms with Crippen molar-refractivity contribution in [1.82, 2.24) is 10.3 Å². The molecule has 1 amide bonds. The third-order valence-corrected chi connectivity index (χ3v) is 3.47. The van der Waals surface area contributed by atoms with E-state index in [-0.39, 0.29) is 6.54 Å². The Labute approximate surface area is 107 Å². The lowest BCUT2D eigenvalue weighted by Gasteiger charge is -2.05. The van der Waals surface area contributed by atoms with Crippen LogP contribution in [0.4, 0.5) is 9.18 Å². The number of nitrogens with one attached hydrogen (secondary N) is 1. The van der Waals surface area contributed by atoms with Crippen molar-refractivity contribution < 1.29 is 14.3 Å². The minimum absolute atomic E-state index is 0.0386. The molecule has 0 aliphatic rings. The number of hydrogen-bond acceptors (Lipinski definition) is 3. The van der Waals surface area contributed by atoms with Crippen molar-refractivity contribution in [1.29, 1.82) is 0 Å². The van der Waals surface area contributed by atoms with Gasteiger partial charge in [0.1, 0.15) is 5.82 Å². The quantitative estimate of drug-likeness (QED) is 0.897. The molecule has 2 N–H and O–H groups in total. The van der Waals surface area contributed by atoms with Crippen LogP contribution in [0.2, 0.25) is 0 Å². The van der Waals surface area contributed by atoms with Crippen LogP contribution in [-0.2, 0) is 6.54 Å². The molecule has 0 saturated heterocycles. The first kappa shape index (κ1) is 12.5. The van der Waals surface area contributed by atoms with Crippen molar-refractivity contribution in [3.8, 4) is 10.4 Å². The lowest BCUT2D eigenvalue weighted by atomic mass is 10.1. The average Bonchev–Trinajstić information content (AvgIpc) is 2.73.